The third-order valence-electron chi connectivity index (χ3n) is 3.00. The van der Waals surface area contributed by atoms with Crippen molar-refractivity contribution in [3.8, 4) is 10.8 Å². The molecule has 0 spiro atoms. The molecule has 0 aliphatic heterocycles. The molecular formula is C15H13NO3S. The number of esters is 1. The first kappa shape index (κ1) is 12.9. The number of carbonyl (C=O) groups excluding carboxylic acids is 1. The van der Waals surface area contributed by atoms with Crippen molar-refractivity contribution < 1.29 is 13.9 Å². The molecule has 0 saturated carbocycles. The van der Waals surface area contributed by atoms with Crippen LogP contribution in [0.4, 0.5) is 0 Å². The molecule has 0 atom stereocenters. The van der Waals surface area contributed by atoms with Crippen molar-refractivity contribution in [1.82, 2.24) is 4.98 Å². The molecule has 3 rings (SSSR count). The van der Waals surface area contributed by atoms with Gasteiger partial charge in [-0.25, -0.2) is 4.98 Å². The maximum atomic E-state index is 11.1. The van der Waals surface area contributed by atoms with Crippen molar-refractivity contribution in [2.45, 2.75) is 12.8 Å². The van der Waals surface area contributed by atoms with Crippen molar-refractivity contribution in [2.75, 3.05) is 7.11 Å². The van der Waals surface area contributed by atoms with Crippen molar-refractivity contribution >= 4 is 28.3 Å². The SMILES string of the molecule is COC(=O)CCc1csc(-c2cc3ccccc3o2)n1. The molecule has 0 saturated heterocycles. The van der Waals surface area contributed by atoms with E-state index in [-0.39, 0.29) is 5.97 Å². The summed E-state index contributed by atoms with van der Waals surface area (Å²) in [5.41, 5.74) is 1.74. The van der Waals surface area contributed by atoms with Crippen LogP contribution in [0.1, 0.15) is 12.1 Å². The van der Waals surface area contributed by atoms with Gasteiger partial charge in [0, 0.05) is 17.2 Å². The van der Waals surface area contributed by atoms with Crippen LogP contribution in [0.2, 0.25) is 0 Å². The lowest BCUT2D eigenvalue weighted by Crippen LogP contribution is -2.01. The zero-order valence-electron chi connectivity index (χ0n) is 11.0. The molecule has 2 heterocycles. The molecule has 0 fully saturated rings. The minimum Gasteiger partial charge on any atom is -0.469 e. The van der Waals surface area contributed by atoms with Crippen LogP contribution in [0.3, 0.4) is 0 Å². The fraction of sp³-hybridized carbons (Fsp3) is 0.200. The molecule has 4 nitrogen and oxygen atoms in total. The van der Waals surface area contributed by atoms with Crippen LogP contribution < -0.4 is 0 Å². The molecule has 102 valence electrons. The van der Waals surface area contributed by atoms with E-state index in [0.29, 0.717) is 12.8 Å². The summed E-state index contributed by atoms with van der Waals surface area (Å²) in [4.78, 5) is 15.6. The van der Waals surface area contributed by atoms with Crippen LogP contribution in [0.15, 0.2) is 40.1 Å². The van der Waals surface area contributed by atoms with Gasteiger partial charge in [0.2, 0.25) is 0 Å². The van der Waals surface area contributed by atoms with Gasteiger partial charge in [0.25, 0.3) is 0 Å². The molecule has 3 aromatic rings. The Morgan fingerprint density at radius 3 is 3.05 bits per heavy atom. The highest BCUT2D eigenvalue weighted by Crippen LogP contribution is 2.30. The number of hydrogen-bond donors (Lipinski definition) is 0. The summed E-state index contributed by atoms with van der Waals surface area (Å²) in [6.07, 6.45) is 0.934. The predicted molar refractivity (Wildman–Crippen MR) is 77.7 cm³/mol. The second-order valence-corrected chi connectivity index (χ2v) is 5.23. The molecule has 0 radical (unpaired) electrons. The molecule has 1 aromatic carbocycles. The van der Waals surface area contributed by atoms with E-state index in [0.717, 1.165) is 27.4 Å². The second kappa shape index (κ2) is 5.46. The zero-order chi connectivity index (χ0) is 13.9. The topological polar surface area (TPSA) is 52.3 Å². The molecular weight excluding hydrogens is 274 g/mol. The Morgan fingerprint density at radius 1 is 1.40 bits per heavy atom. The van der Waals surface area contributed by atoms with Crippen LogP contribution in [0, 0.1) is 0 Å². The van der Waals surface area contributed by atoms with Crippen LogP contribution >= 0.6 is 11.3 Å². The lowest BCUT2D eigenvalue weighted by molar-refractivity contribution is -0.140. The standard InChI is InChI=1S/C15H13NO3S/c1-18-14(17)7-6-11-9-20-15(16-11)13-8-10-4-2-3-5-12(10)19-13/h2-5,8-9H,6-7H2,1H3. The van der Waals surface area contributed by atoms with Gasteiger partial charge in [-0.1, -0.05) is 18.2 Å². The van der Waals surface area contributed by atoms with Crippen molar-refractivity contribution in [3.05, 3.63) is 41.4 Å². The minimum absolute atomic E-state index is 0.219. The smallest absolute Gasteiger partial charge is 0.305 e. The van der Waals surface area contributed by atoms with Crippen LogP contribution in [-0.4, -0.2) is 18.1 Å². The normalized spacial score (nSPS) is 10.8. The summed E-state index contributed by atoms with van der Waals surface area (Å²) >= 11 is 1.52. The number of nitrogens with zero attached hydrogens (tertiary/aromatic N) is 1. The van der Waals surface area contributed by atoms with Gasteiger partial charge in [-0.15, -0.1) is 11.3 Å². The molecule has 2 aromatic heterocycles. The minimum atomic E-state index is -0.219. The Bertz CT molecular complexity index is 711. The summed E-state index contributed by atoms with van der Waals surface area (Å²) in [6, 6.07) is 9.85. The first-order chi connectivity index (χ1) is 9.76. The number of carbonyl (C=O) groups is 1. The quantitative estimate of drug-likeness (QED) is 0.687. The molecule has 0 amide bonds. The van der Waals surface area contributed by atoms with Gasteiger partial charge in [-0.2, -0.15) is 0 Å². The fourth-order valence-corrected chi connectivity index (χ4v) is 2.76. The number of ether oxygens (including phenoxy) is 1. The number of benzene rings is 1. The zero-order valence-corrected chi connectivity index (χ0v) is 11.8. The Balaban J connectivity index is 1.80. The van der Waals surface area contributed by atoms with E-state index in [1.807, 2.05) is 35.7 Å². The van der Waals surface area contributed by atoms with E-state index < -0.39 is 0 Å². The fourth-order valence-electron chi connectivity index (χ4n) is 1.95. The number of rotatable bonds is 4. The van der Waals surface area contributed by atoms with Gasteiger partial charge in [0.1, 0.15) is 5.58 Å². The highest BCUT2D eigenvalue weighted by molar-refractivity contribution is 7.13. The number of aromatic nitrogens is 1. The van der Waals surface area contributed by atoms with Gasteiger partial charge in [-0.05, 0) is 12.1 Å². The first-order valence-corrected chi connectivity index (χ1v) is 7.14. The first-order valence-electron chi connectivity index (χ1n) is 6.26. The largest absolute Gasteiger partial charge is 0.469 e. The predicted octanol–water partition coefficient (Wildman–Crippen LogP) is 3.66. The number of thiazole rings is 1. The summed E-state index contributed by atoms with van der Waals surface area (Å²) in [5.74, 6) is 0.545. The van der Waals surface area contributed by atoms with Crippen LogP contribution in [-0.2, 0) is 16.0 Å². The molecule has 0 N–H and O–H groups in total. The lowest BCUT2D eigenvalue weighted by atomic mass is 10.2. The monoisotopic (exact) mass is 287 g/mol. The molecule has 0 bridgehead atoms. The summed E-state index contributed by atoms with van der Waals surface area (Å²) in [7, 11) is 1.39. The maximum absolute atomic E-state index is 11.1. The van der Waals surface area contributed by atoms with E-state index in [2.05, 4.69) is 9.72 Å². The number of methoxy groups -OCH3 is 1. The summed E-state index contributed by atoms with van der Waals surface area (Å²) in [6.45, 7) is 0. The highest BCUT2D eigenvalue weighted by Gasteiger charge is 2.11. The van der Waals surface area contributed by atoms with Crippen LogP contribution in [0.25, 0.3) is 21.7 Å². The van der Waals surface area contributed by atoms with Crippen molar-refractivity contribution in [2.24, 2.45) is 0 Å². The molecule has 0 aliphatic carbocycles. The van der Waals surface area contributed by atoms with E-state index in [1.165, 1.54) is 18.4 Å². The van der Waals surface area contributed by atoms with Crippen molar-refractivity contribution in [1.29, 1.82) is 0 Å². The van der Waals surface area contributed by atoms with E-state index >= 15 is 0 Å². The van der Waals surface area contributed by atoms with E-state index in [9.17, 15) is 4.79 Å². The van der Waals surface area contributed by atoms with E-state index in [4.69, 9.17) is 4.42 Å². The van der Waals surface area contributed by atoms with E-state index in [1.54, 1.807) is 0 Å². The molecule has 20 heavy (non-hydrogen) atoms. The molecule has 0 aliphatic rings. The summed E-state index contributed by atoms with van der Waals surface area (Å²) < 4.78 is 10.4. The Kier molecular flexibility index (Phi) is 3.52. The van der Waals surface area contributed by atoms with Gasteiger partial charge < -0.3 is 9.15 Å². The number of hydrogen-bond acceptors (Lipinski definition) is 5. The molecule has 5 heteroatoms. The maximum Gasteiger partial charge on any atom is 0.305 e. The number of aryl methyl sites for hydroxylation is 1. The Morgan fingerprint density at radius 2 is 2.25 bits per heavy atom. The molecule has 0 unspecified atom stereocenters. The number of para-hydroxylation sites is 1. The Hall–Kier alpha value is -2.14. The van der Waals surface area contributed by atoms with Crippen LogP contribution in [0.5, 0.6) is 0 Å². The number of furan rings is 1. The average molecular weight is 287 g/mol. The van der Waals surface area contributed by atoms with Crippen molar-refractivity contribution in [3.63, 3.8) is 0 Å². The number of fused-ring (bicyclic) bond motifs is 1. The highest BCUT2D eigenvalue weighted by atomic mass is 32.1. The Labute approximate surface area is 120 Å². The van der Waals surface area contributed by atoms with Gasteiger partial charge in [0.05, 0.1) is 19.2 Å². The lowest BCUT2D eigenvalue weighted by Gasteiger charge is -1.95. The third-order valence-corrected chi connectivity index (χ3v) is 3.91. The second-order valence-electron chi connectivity index (χ2n) is 4.37. The summed E-state index contributed by atoms with van der Waals surface area (Å²) in [5, 5.41) is 3.85. The third kappa shape index (κ3) is 2.58. The van der Waals surface area contributed by atoms with Gasteiger partial charge in [0.15, 0.2) is 10.8 Å². The van der Waals surface area contributed by atoms with Gasteiger partial charge in [-0.3, -0.25) is 4.79 Å². The average Bonchev–Trinajstić information content (AvgIpc) is 3.10. The van der Waals surface area contributed by atoms with Gasteiger partial charge >= 0.3 is 5.97 Å².